The molecule has 4 aliphatic rings. The van der Waals surface area contributed by atoms with Gasteiger partial charge in [0.2, 0.25) is 6.29 Å². The van der Waals surface area contributed by atoms with Crippen molar-refractivity contribution in [2.75, 3.05) is 7.11 Å². The fourth-order valence-electron chi connectivity index (χ4n) is 7.35. The van der Waals surface area contributed by atoms with Gasteiger partial charge < -0.3 is 39.7 Å². The first-order valence-electron chi connectivity index (χ1n) is 15.4. The molecule has 0 radical (unpaired) electrons. The molecule has 240 valence electrons. The second-order valence-corrected chi connectivity index (χ2v) is 13.5. The van der Waals surface area contributed by atoms with E-state index in [1.807, 2.05) is 6.08 Å². The number of esters is 1. The van der Waals surface area contributed by atoms with Crippen LogP contribution in [-0.4, -0.2) is 80.9 Å². The number of carbonyl (C=O) groups is 2. The summed E-state index contributed by atoms with van der Waals surface area (Å²) >= 11 is 0. The van der Waals surface area contributed by atoms with Crippen molar-refractivity contribution < 1.29 is 49.3 Å². The number of ether oxygens (including phenoxy) is 3. The molecular weight excluding hydrogens is 544 g/mol. The number of hydrogen-bond donors (Lipinski definition) is 5. The van der Waals surface area contributed by atoms with Crippen molar-refractivity contribution in [1.82, 2.24) is 0 Å². The summed E-state index contributed by atoms with van der Waals surface area (Å²) in [5.74, 6) is -1.71. The molecule has 0 amide bonds. The molecule has 0 aromatic heterocycles. The smallest absolute Gasteiger partial charge is 0.336 e. The Labute approximate surface area is 249 Å². The zero-order chi connectivity index (χ0) is 31.4. The maximum atomic E-state index is 13.2. The average molecular weight is 597 g/mol. The monoisotopic (exact) mass is 596 g/mol. The highest BCUT2D eigenvalue weighted by Crippen LogP contribution is 2.55. The maximum Gasteiger partial charge on any atom is 0.336 e. The third-order valence-electron chi connectivity index (χ3n) is 9.87. The van der Waals surface area contributed by atoms with Gasteiger partial charge in [-0.25, -0.2) is 9.59 Å². The van der Waals surface area contributed by atoms with Crippen LogP contribution in [0, 0.1) is 29.1 Å². The Morgan fingerprint density at radius 2 is 1.81 bits per heavy atom. The Morgan fingerprint density at radius 1 is 1.12 bits per heavy atom. The average Bonchev–Trinajstić information content (AvgIpc) is 2.93. The van der Waals surface area contributed by atoms with Crippen molar-refractivity contribution >= 4 is 11.9 Å². The number of aliphatic hydroxyl groups excluding tert-OH is 4. The number of carbonyl (C=O) groups excluding carboxylic acids is 1. The van der Waals surface area contributed by atoms with E-state index in [1.165, 1.54) is 19.3 Å². The van der Waals surface area contributed by atoms with Crippen molar-refractivity contribution in [1.29, 1.82) is 0 Å². The van der Waals surface area contributed by atoms with Crippen LogP contribution in [0.15, 0.2) is 23.5 Å². The van der Waals surface area contributed by atoms with Gasteiger partial charge in [-0.05, 0) is 68.8 Å². The second kappa shape index (κ2) is 14.2. The lowest BCUT2D eigenvalue weighted by molar-refractivity contribution is -0.258. The molecule has 0 aromatic carbocycles. The molecule has 42 heavy (non-hydrogen) atoms. The fourth-order valence-corrected chi connectivity index (χ4v) is 7.35. The van der Waals surface area contributed by atoms with Crippen LogP contribution in [0.25, 0.3) is 0 Å². The number of unbranched alkanes of at least 4 members (excludes halogenated alkanes) is 3. The highest BCUT2D eigenvalue weighted by molar-refractivity contribution is 5.88. The summed E-state index contributed by atoms with van der Waals surface area (Å²) in [7, 11) is 1.00. The van der Waals surface area contributed by atoms with Gasteiger partial charge in [-0.2, -0.15) is 0 Å². The Balaban J connectivity index is 0.00000237. The molecule has 10 heteroatoms. The fraction of sp³-hybridized carbons (Fsp3) is 0.812. The molecule has 2 fully saturated rings. The highest BCUT2D eigenvalue weighted by atomic mass is 16.7. The first-order valence-corrected chi connectivity index (χ1v) is 15.4. The van der Waals surface area contributed by atoms with Crippen LogP contribution in [0.3, 0.4) is 0 Å². The molecule has 2 aliphatic heterocycles. The lowest BCUT2D eigenvalue weighted by Crippen LogP contribution is -2.56. The van der Waals surface area contributed by atoms with Gasteiger partial charge in [-0.3, -0.25) is 0 Å². The van der Waals surface area contributed by atoms with E-state index >= 15 is 0 Å². The summed E-state index contributed by atoms with van der Waals surface area (Å²) in [4.78, 5) is 24.6. The van der Waals surface area contributed by atoms with E-state index in [4.69, 9.17) is 19.3 Å². The largest absolute Gasteiger partial charge is 0.512 e. The minimum absolute atomic E-state index is 0.0255. The van der Waals surface area contributed by atoms with E-state index in [2.05, 4.69) is 34.6 Å². The molecule has 0 spiro atoms. The number of allylic oxidation sites excluding steroid dienone is 2. The molecule has 2 saturated heterocycles. The van der Waals surface area contributed by atoms with Gasteiger partial charge in [0.1, 0.15) is 6.10 Å². The number of hydrogen-bond acceptors (Lipinski definition) is 9. The van der Waals surface area contributed by atoms with Gasteiger partial charge in [0.15, 0.2) is 6.10 Å². The van der Waals surface area contributed by atoms with Gasteiger partial charge in [0.25, 0.3) is 0 Å². The van der Waals surface area contributed by atoms with Crippen molar-refractivity contribution in [2.24, 2.45) is 29.1 Å². The molecule has 8 unspecified atom stereocenters. The van der Waals surface area contributed by atoms with Gasteiger partial charge in [0, 0.05) is 25.0 Å². The van der Waals surface area contributed by atoms with Crippen LogP contribution in [0.2, 0.25) is 0 Å². The minimum Gasteiger partial charge on any atom is -0.512 e. The summed E-state index contributed by atoms with van der Waals surface area (Å²) in [5.41, 5.74) is -0.0312. The zero-order valence-electron chi connectivity index (χ0n) is 26.0. The van der Waals surface area contributed by atoms with Crippen LogP contribution < -0.4 is 0 Å². The van der Waals surface area contributed by atoms with Crippen LogP contribution in [0.1, 0.15) is 92.4 Å². The van der Waals surface area contributed by atoms with Crippen molar-refractivity contribution in [2.45, 2.75) is 129 Å². The Kier molecular flexibility index (Phi) is 11.7. The third kappa shape index (κ3) is 7.56. The lowest BCUT2D eigenvalue weighted by atomic mass is 9.59. The molecule has 0 aromatic rings. The second-order valence-electron chi connectivity index (χ2n) is 13.5. The standard InChI is InChI=1S/C31H48O9.CH4O/c1-6-7-8-9-12-30(2,3)18-14-21(32)25-19-13-17(10-11-20(19)31(4,5)40-23(25)15-18)28(37)39-29-26(34)22(33)16-24(38-29)27(35)36;1-2/h10,14,18-20,22-26,29,32-34H,6-9,11-13,15-16H2,1-5H3,(H,35,36);2H,1H3/t18?,19?,20?,22?,23?,24?,25?,26-,29?;/m1./s1. The van der Waals surface area contributed by atoms with Gasteiger partial charge in [0.05, 0.1) is 23.6 Å². The molecule has 0 saturated carbocycles. The third-order valence-corrected chi connectivity index (χ3v) is 9.87. The van der Waals surface area contributed by atoms with E-state index in [9.17, 15) is 30.0 Å². The lowest BCUT2D eigenvalue weighted by Gasteiger charge is -2.55. The summed E-state index contributed by atoms with van der Waals surface area (Å²) < 4.78 is 17.3. The van der Waals surface area contributed by atoms with Crippen molar-refractivity contribution in [3.05, 3.63) is 23.5 Å². The topological polar surface area (TPSA) is 163 Å². The Morgan fingerprint density at radius 3 is 2.45 bits per heavy atom. The summed E-state index contributed by atoms with van der Waals surface area (Å²) in [5, 5.41) is 48.0. The van der Waals surface area contributed by atoms with E-state index in [0.29, 0.717) is 24.2 Å². The Bertz CT molecular complexity index is 1000. The minimum atomic E-state index is -1.59. The number of aliphatic hydroxyl groups is 4. The van der Waals surface area contributed by atoms with Gasteiger partial charge in [-0.15, -0.1) is 0 Å². The quantitative estimate of drug-likeness (QED) is 0.192. The molecular formula is C32H52O10. The normalized spacial score (nSPS) is 35.8. The number of rotatable bonds is 9. The van der Waals surface area contributed by atoms with E-state index in [-0.39, 0.29) is 41.6 Å². The van der Waals surface area contributed by atoms with Crippen molar-refractivity contribution in [3.63, 3.8) is 0 Å². The number of carboxylic acid groups (broad SMARTS) is 1. The predicted molar refractivity (Wildman–Crippen MR) is 155 cm³/mol. The van der Waals surface area contributed by atoms with Crippen molar-refractivity contribution in [3.8, 4) is 0 Å². The van der Waals surface area contributed by atoms with Gasteiger partial charge in [-0.1, -0.05) is 52.5 Å². The zero-order valence-corrected chi connectivity index (χ0v) is 26.0. The number of aliphatic carboxylic acids is 1. The predicted octanol–water partition coefficient (Wildman–Crippen LogP) is 4.26. The van der Waals surface area contributed by atoms with Crippen LogP contribution in [0.4, 0.5) is 0 Å². The van der Waals surface area contributed by atoms with E-state index in [0.717, 1.165) is 26.4 Å². The summed E-state index contributed by atoms with van der Waals surface area (Å²) in [6.45, 7) is 10.9. The summed E-state index contributed by atoms with van der Waals surface area (Å²) in [6.07, 6.45) is 5.07. The van der Waals surface area contributed by atoms with Gasteiger partial charge >= 0.3 is 11.9 Å². The molecule has 2 aliphatic carbocycles. The van der Waals surface area contributed by atoms with Crippen LogP contribution >= 0.6 is 0 Å². The van der Waals surface area contributed by atoms with E-state index in [1.54, 1.807) is 6.08 Å². The molecule has 4 rings (SSSR count). The SMILES string of the molecule is CCCCCCC(C)(C)C1C=C(O)C2C(C1)OC(C)(C)C1CC=C(C(=O)OC3OC(C(=O)O)CC(O)[C@H]3O)CC21.CO. The summed E-state index contributed by atoms with van der Waals surface area (Å²) in [6, 6.07) is 0. The Hall–Kier alpha value is -1.98. The number of carboxylic acids is 1. The molecule has 10 nitrogen and oxygen atoms in total. The van der Waals surface area contributed by atoms with Crippen LogP contribution in [0.5, 0.6) is 0 Å². The maximum absolute atomic E-state index is 13.2. The molecule has 2 heterocycles. The van der Waals surface area contributed by atoms with E-state index < -0.39 is 42.1 Å². The molecule has 9 atom stereocenters. The molecule has 0 bridgehead atoms. The highest BCUT2D eigenvalue weighted by Gasteiger charge is 2.54. The van der Waals surface area contributed by atoms with Crippen LogP contribution in [-0.2, 0) is 23.8 Å². The first kappa shape index (κ1) is 34.5. The molecule has 5 N–H and O–H groups in total. The first-order chi connectivity index (χ1) is 19.7. The number of fused-ring (bicyclic) bond motifs is 3.